The molecule has 3 rings (SSSR count). The molecule has 0 spiro atoms. The molecule has 5 heteroatoms. The van der Waals surface area contributed by atoms with Crippen molar-refractivity contribution in [3.63, 3.8) is 0 Å². The molecule has 0 unspecified atom stereocenters. The van der Waals surface area contributed by atoms with Crippen LogP contribution in [0.15, 0.2) is 60.8 Å². The molecular weight excluding hydrogens is 315 g/mol. The molecule has 0 aliphatic carbocycles. The molecule has 0 fully saturated rings. The van der Waals surface area contributed by atoms with Gasteiger partial charge in [0.25, 0.3) is 0 Å². The van der Waals surface area contributed by atoms with Gasteiger partial charge in [-0.25, -0.2) is 9.37 Å². The molecule has 0 radical (unpaired) electrons. The van der Waals surface area contributed by atoms with Gasteiger partial charge in [0.2, 0.25) is 5.95 Å². The second-order valence-corrected chi connectivity index (χ2v) is 5.71. The molecular formula is C20H21FN4. The van der Waals surface area contributed by atoms with E-state index in [0.717, 1.165) is 12.1 Å². The maximum atomic E-state index is 13.6. The molecule has 0 saturated heterocycles. The SMILES string of the molecule is CCc1ccc(Nc2nccc(NCCc3ccccc3F)n2)cc1. The van der Waals surface area contributed by atoms with Crippen LogP contribution in [-0.4, -0.2) is 16.5 Å². The first-order chi connectivity index (χ1) is 12.2. The molecule has 0 aliphatic rings. The second-order valence-electron chi connectivity index (χ2n) is 5.71. The molecule has 1 aromatic heterocycles. The summed E-state index contributed by atoms with van der Waals surface area (Å²) >= 11 is 0. The summed E-state index contributed by atoms with van der Waals surface area (Å²) in [5.41, 5.74) is 2.93. The first kappa shape index (κ1) is 16.9. The summed E-state index contributed by atoms with van der Waals surface area (Å²) in [6.45, 7) is 2.73. The van der Waals surface area contributed by atoms with Crippen LogP contribution in [0.5, 0.6) is 0 Å². The van der Waals surface area contributed by atoms with Crippen molar-refractivity contribution in [2.75, 3.05) is 17.2 Å². The molecule has 1 heterocycles. The number of benzene rings is 2. The van der Waals surface area contributed by atoms with Crippen molar-refractivity contribution in [1.29, 1.82) is 0 Å². The Kier molecular flexibility index (Phi) is 5.57. The molecule has 0 amide bonds. The normalized spacial score (nSPS) is 10.5. The third kappa shape index (κ3) is 4.76. The Morgan fingerprint density at radius 1 is 1.00 bits per heavy atom. The van der Waals surface area contributed by atoms with Crippen LogP contribution in [0.4, 0.5) is 21.8 Å². The van der Waals surface area contributed by atoms with Crippen molar-refractivity contribution in [2.24, 2.45) is 0 Å². The van der Waals surface area contributed by atoms with E-state index < -0.39 is 0 Å². The Hall–Kier alpha value is -2.95. The summed E-state index contributed by atoms with van der Waals surface area (Å²) in [7, 11) is 0. The minimum Gasteiger partial charge on any atom is -0.370 e. The fourth-order valence-electron chi connectivity index (χ4n) is 2.50. The van der Waals surface area contributed by atoms with Crippen LogP contribution < -0.4 is 10.6 Å². The van der Waals surface area contributed by atoms with E-state index in [1.807, 2.05) is 18.2 Å². The lowest BCUT2D eigenvalue weighted by Crippen LogP contribution is -2.08. The van der Waals surface area contributed by atoms with Crippen molar-refractivity contribution >= 4 is 17.5 Å². The number of halogens is 1. The predicted octanol–water partition coefficient (Wildman–Crippen LogP) is 4.58. The van der Waals surface area contributed by atoms with Crippen molar-refractivity contribution in [3.05, 3.63) is 77.7 Å². The van der Waals surface area contributed by atoms with Gasteiger partial charge in [-0.2, -0.15) is 4.98 Å². The molecule has 4 nitrogen and oxygen atoms in total. The maximum Gasteiger partial charge on any atom is 0.229 e. The Morgan fingerprint density at radius 3 is 2.56 bits per heavy atom. The number of aromatic nitrogens is 2. The molecule has 0 bridgehead atoms. The Bertz CT molecular complexity index is 818. The van der Waals surface area contributed by atoms with E-state index in [0.29, 0.717) is 30.3 Å². The highest BCUT2D eigenvalue weighted by Gasteiger charge is 2.03. The van der Waals surface area contributed by atoms with Gasteiger partial charge in [0.15, 0.2) is 0 Å². The van der Waals surface area contributed by atoms with E-state index in [1.54, 1.807) is 24.4 Å². The van der Waals surface area contributed by atoms with Gasteiger partial charge in [0.05, 0.1) is 0 Å². The number of nitrogens with zero attached hydrogens (tertiary/aromatic N) is 2. The zero-order chi connectivity index (χ0) is 17.5. The number of hydrogen-bond acceptors (Lipinski definition) is 4. The number of rotatable bonds is 7. The summed E-state index contributed by atoms with van der Waals surface area (Å²) in [6.07, 6.45) is 3.30. The van der Waals surface area contributed by atoms with Crippen LogP contribution >= 0.6 is 0 Å². The van der Waals surface area contributed by atoms with Crippen LogP contribution in [0.2, 0.25) is 0 Å². The molecule has 25 heavy (non-hydrogen) atoms. The van der Waals surface area contributed by atoms with Crippen molar-refractivity contribution < 1.29 is 4.39 Å². The monoisotopic (exact) mass is 336 g/mol. The summed E-state index contributed by atoms with van der Waals surface area (Å²) < 4.78 is 13.6. The minimum atomic E-state index is -0.176. The maximum absolute atomic E-state index is 13.6. The zero-order valence-corrected chi connectivity index (χ0v) is 14.2. The van der Waals surface area contributed by atoms with E-state index in [4.69, 9.17) is 0 Å². The fraction of sp³-hybridized carbons (Fsp3) is 0.200. The third-order valence-corrected chi connectivity index (χ3v) is 3.93. The average Bonchev–Trinajstić information content (AvgIpc) is 2.64. The van der Waals surface area contributed by atoms with E-state index in [-0.39, 0.29) is 5.82 Å². The number of nitrogens with one attached hydrogen (secondary N) is 2. The van der Waals surface area contributed by atoms with Crippen molar-refractivity contribution in [2.45, 2.75) is 19.8 Å². The van der Waals surface area contributed by atoms with Crippen molar-refractivity contribution in [3.8, 4) is 0 Å². The lowest BCUT2D eigenvalue weighted by Gasteiger charge is -2.09. The van der Waals surface area contributed by atoms with Gasteiger partial charge in [-0.3, -0.25) is 0 Å². The van der Waals surface area contributed by atoms with E-state index in [2.05, 4.69) is 39.7 Å². The standard InChI is InChI=1S/C20H21FN4/c1-2-15-7-9-17(10-8-15)24-20-23-14-12-19(25-20)22-13-11-16-5-3-4-6-18(16)21/h3-10,12,14H,2,11,13H2,1H3,(H2,22,23,24,25). The van der Waals surface area contributed by atoms with Crippen LogP contribution in [-0.2, 0) is 12.8 Å². The number of anilines is 3. The van der Waals surface area contributed by atoms with Gasteiger partial charge in [-0.1, -0.05) is 37.3 Å². The lowest BCUT2D eigenvalue weighted by molar-refractivity contribution is 0.610. The van der Waals surface area contributed by atoms with Gasteiger partial charge in [0.1, 0.15) is 11.6 Å². The van der Waals surface area contributed by atoms with Crippen LogP contribution in [0.1, 0.15) is 18.1 Å². The van der Waals surface area contributed by atoms with Gasteiger partial charge < -0.3 is 10.6 Å². The Morgan fingerprint density at radius 2 is 1.80 bits per heavy atom. The first-order valence-electron chi connectivity index (χ1n) is 8.41. The molecule has 3 aromatic rings. The highest BCUT2D eigenvalue weighted by molar-refractivity contribution is 5.55. The molecule has 0 atom stereocenters. The highest BCUT2D eigenvalue weighted by atomic mass is 19.1. The molecule has 0 aliphatic heterocycles. The van der Waals surface area contributed by atoms with Crippen LogP contribution in [0.25, 0.3) is 0 Å². The topological polar surface area (TPSA) is 49.8 Å². The zero-order valence-electron chi connectivity index (χ0n) is 14.2. The number of hydrogen-bond donors (Lipinski definition) is 2. The first-order valence-corrected chi connectivity index (χ1v) is 8.41. The van der Waals surface area contributed by atoms with Crippen molar-refractivity contribution in [1.82, 2.24) is 9.97 Å². The largest absolute Gasteiger partial charge is 0.370 e. The summed E-state index contributed by atoms with van der Waals surface area (Å²) in [6, 6.07) is 16.8. The van der Waals surface area contributed by atoms with E-state index >= 15 is 0 Å². The second kappa shape index (κ2) is 8.24. The summed E-state index contributed by atoms with van der Waals surface area (Å²) in [5.74, 6) is 1.06. The van der Waals surface area contributed by atoms with E-state index in [9.17, 15) is 4.39 Å². The van der Waals surface area contributed by atoms with Gasteiger partial charge in [0, 0.05) is 18.4 Å². The Balaban J connectivity index is 1.58. The predicted molar refractivity (Wildman–Crippen MR) is 99.7 cm³/mol. The average molecular weight is 336 g/mol. The molecule has 0 saturated carbocycles. The molecule has 2 N–H and O–H groups in total. The molecule has 128 valence electrons. The van der Waals surface area contributed by atoms with Crippen LogP contribution in [0.3, 0.4) is 0 Å². The summed E-state index contributed by atoms with van der Waals surface area (Å²) in [5, 5.41) is 6.40. The number of aryl methyl sites for hydroxylation is 1. The van der Waals surface area contributed by atoms with Gasteiger partial charge >= 0.3 is 0 Å². The quantitative estimate of drug-likeness (QED) is 0.663. The Labute approximate surface area is 147 Å². The summed E-state index contributed by atoms with van der Waals surface area (Å²) in [4.78, 5) is 8.67. The van der Waals surface area contributed by atoms with Gasteiger partial charge in [-0.15, -0.1) is 0 Å². The molecule has 2 aromatic carbocycles. The highest BCUT2D eigenvalue weighted by Crippen LogP contribution is 2.15. The van der Waals surface area contributed by atoms with Gasteiger partial charge in [-0.05, 0) is 48.2 Å². The minimum absolute atomic E-state index is 0.176. The third-order valence-electron chi connectivity index (χ3n) is 3.93. The van der Waals surface area contributed by atoms with Crippen LogP contribution in [0, 0.1) is 5.82 Å². The smallest absolute Gasteiger partial charge is 0.229 e. The fourth-order valence-corrected chi connectivity index (χ4v) is 2.50. The lowest BCUT2D eigenvalue weighted by atomic mass is 10.1. The van der Waals surface area contributed by atoms with E-state index in [1.165, 1.54) is 11.6 Å².